The number of hydrogen-bond acceptors (Lipinski definition) is 2. The van der Waals surface area contributed by atoms with Gasteiger partial charge in [-0.25, -0.2) is 0 Å². The third-order valence-corrected chi connectivity index (χ3v) is 4.47. The van der Waals surface area contributed by atoms with Crippen molar-refractivity contribution < 1.29 is 0 Å². The van der Waals surface area contributed by atoms with Gasteiger partial charge in [-0.3, -0.25) is 5.41 Å². The molecule has 0 spiro atoms. The molecule has 0 amide bonds. The highest BCUT2D eigenvalue weighted by Crippen LogP contribution is 2.35. The van der Waals surface area contributed by atoms with Crippen LogP contribution in [0.3, 0.4) is 0 Å². The molecular formula is C15H21N3. The van der Waals surface area contributed by atoms with Gasteiger partial charge in [0.15, 0.2) is 0 Å². The predicted octanol–water partition coefficient (Wildman–Crippen LogP) is 2.42. The summed E-state index contributed by atoms with van der Waals surface area (Å²) in [4.78, 5) is 2.40. The van der Waals surface area contributed by atoms with E-state index in [0.29, 0.717) is 6.04 Å². The number of rotatable bonds is 1. The van der Waals surface area contributed by atoms with Gasteiger partial charge < -0.3 is 10.6 Å². The lowest BCUT2D eigenvalue weighted by molar-refractivity contribution is 0.257. The number of nitrogens with two attached hydrogens (primary N) is 1. The quantitative estimate of drug-likeness (QED) is 0.422. The molecule has 3 rings (SSSR count). The van der Waals surface area contributed by atoms with E-state index >= 15 is 0 Å². The maximum atomic E-state index is 7.55. The van der Waals surface area contributed by atoms with Crippen LogP contribution in [0.15, 0.2) is 36.1 Å². The van der Waals surface area contributed by atoms with Crippen LogP contribution in [0.2, 0.25) is 0 Å². The Morgan fingerprint density at radius 1 is 1.28 bits per heavy atom. The van der Waals surface area contributed by atoms with Gasteiger partial charge >= 0.3 is 0 Å². The van der Waals surface area contributed by atoms with E-state index < -0.39 is 0 Å². The summed E-state index contributed by atoms with van der Waals surface area (Å²) < 4.78 is 0. The molecule has 0 radical (unpaired) electrons. The van der Waals surface area contributed by atoms with Crippen LogP contribution < -0.4 is 5.73 Å². The van der Waals surface area contributed by atoms with Gasteiger partial charge in [0.25, 0.3) is 0 Å². The normalized spacial score (nSPS) is 34.3. The molecule has 3 unspecified atom stereocenters. The zero-order chi connectivity index (χ0) is 12.5. The lowest BCUT2D eigenvalue weighted by Gasteiger charge is -2.33. The minimum absolute atomic E-state index is 0.175. The van der Waals surface area contributed by atoms with E-state index in [0.717, 1.165) is 24.0 Å². The van der Waals surface area contributed by atoms with Crippen LogP contribution in [-0.2, 0) is 0 Å². The molecule has 1 aliphatic carbocycles. The first-order valence-electron chi connectivity index (χ1n) is 6.91. The molecule has 0 aromatic rings. The molecule has 0 aromatic heterocycles. The second-order valence-corrected chi connectivity index (χ2v) is 5.63. The third kappa shape index (κ3) is 2.09. The number of hydrogen-bond donors (Lipinski definition) is 2. The van der Waals surface area contributed by atoms with E-state index in [9.17, 15) is 0 Å². The average Bonchev–Trinajstić information content (AvgIpc) is 2.56. The molecule has 3 N–H and O–H groups in total. The zero-order valence-corrected chi connectivity index (χ0v) is 10.7. The maximum Gasteiger partial charge on any atom is 0.124 e. The molecule has 96 valence electrons. The van der Waals surface area contributed by atoms with Crippen molar-refractivity contribution in [3.05, 3.63) is 36.1 Å². The van der Waals surface area contributed by atoms with Crippen molar-refractivity contribution in [1.29, 1.82) is 5.41 Å². The molecule has 1 fully saturated rings. The lowest BCUT2D eigenvalue weighted by Crippen LogP contribution is -2.35. The van der Waals surface area contributed by atoms with Crippen LogP contribution in [0.5, 0.6) is 0 Å². The molecule has 18 heavy (non-hydrogen) atoms. The highest BCUT2D eigenvalue weighted by Gasteiger charge is 2.30. The van der Waals surface area contributed by atoms with E-state index in [1.54, 1.807) is 0 Å². The summed E-state index contributed by atoms with van der Waals surface area (Å²) in [5, 5.41) is 7.55. The Kier molecular flexibility index (Phi) is 2.98. The van der Waals surface area contributed by atoms with E-state index in [4.69, 9.17) is 11.1 Å². The highest BCUT2D eigenvalue weighted by molar-refractivity contribution is 5.97. The van der Waals surface area contributed by atoms with Gasteiger partial charge in [0.1, 0.15) is 5.84 Å². The molecule has 3 heteroatoms. The van der Waals surface area contributed by atoms with Crippen molar-refractivity contribution >= 4 is 5.84 Å². The minimum Gasteiger partial charge on any atom is -0.384 e. The molecule has 3 nitrogen and oxygen atoms in total. The van der Waals surface area contributed by atoms with Crippen molar-refractivity contribution in [3.63, 3.8) is 0 Å². The Labute approximate surface area is 109 Å². The number of nitrogens with one attached hydrogen (secondary N) is 1. The summed E-state index contributed by atoms with van der Waals surface area (Å²) in [6.07, 6.45) is 16.1. The first kappa shape index (κ1) is 11.6. The maximum absolute atomic E-state index is 7.55. The van der Waals surface area contributed by atoms with E-state index in [1.165, 1.54) is 25.7 Å². The lowest BCUT2D eigenvalue weighted by atomic mass is 9.82. The van der Waals surface area contributed by atoms with Crippen molar-refractivity contribution in [2.24, 2.45) is 17.6 Å². The van der Waals surface area contributed by atoms with Gasteiger partial charge in [-0.15, -0.1) is 0 Å². The number of nitrogens with zero attached hydrogens (tertiary/aromatic N) is 1. The van der Waals surface area contributed by atoms with Gasteiger partial charge in [-0.05, 0) is 37.5 Å². The Morgan fingerprint density at radius 2 is 2.17 bits per heavy atom. The highest BCUT2D eigenvalue weighted by atomic mass is 15.1. The molecule has 3 atom stereocenters. The Hall–Kier alpha value is -1.51. The topological polar surface area (TPSA) is 53.1 Å². The molecule has 0 bridgehead atoms. The SMILES string of the molecule is N=C(N)C1=CN2CC3CCC=CC3CCC2C=C1. The van der Waals surface area contributed by atoms with Gasteiger partial charge in [-0.2, -0.15) is 0 Å². The minimum atomic E-state index is 0.175. The second kappa shape index (κ2) is 4.63. The van der Waals surface area contributed by atoms with Crippen LogP contribution >= 0.6 is 0 Å². The van der Waals surface area contributed by atoms with Crippen LogP contribution in [0.1, 0.15) is 25.7 Å². The smallest absolute Gasteiger partial charge is 0.124 e. The fourth-order valence-electron chi connectivity index (χ4n) is 3.40. The van der Waals surface area contributed by atoms with Crippen LogP contribution in [0.25, 0.3) is 0 Å². The van der Waals surface area contributed by atoms with Crippen molar-refractivity contribution in [1.82, 2.24) is 4.90 Å². The van der Waals surface area contributed by atoms with Gasteiger partial charge in [-0.1, -0.05) is 24.3 Å². The Morgan fingerprint density at radius 3 is 3.00 bits per heavy atom. The summed E-state index contributed by atoms with van der Waals surface area (Å²) in [7, 11) is 0. The van der Waals surface area contributed by atoms with Crippen LogP contribution in [0, 0.1) is 17.2 Å². The van der Waals surface area contributed by atoms with E-state index in [1.807, 2.05) is 6.08 Å². The van der Waals surface area contributed by atoms with E-state index in [-0.39, 0.29) is 5.84 Å². The third-order valence-electron chi connectivity index (χ3n) is 4.47. The van der Waals surface area contributed by atoms with Gasteiger partial charge in [0.05, 0.1) is 0 Å². The van der Waals surface area contributed by atoms with Crippen LogP contribution in [-0.4, -0.2) is 23.3 Å². The fourth-order valence-corrected chi connectivity index (χ4v) is 3.40. The molecule has 1 saturated heterocycles. The number of amidine groups is 1. The summed E-state index contributed by atoms with van der Waals surface area (Å²) in [5.41, 5.74) is 6.44. The summed E-state index contributed by atoms with van der Waals surface area (Å²) in [6, 6.07) is 0.507. The van der Waals surface area contributed by atoms with Crippen molar-refractivity contribution in [2.75, 3.05) is 6.54 Å². The molecule has 2 aliphatic heterocycles. The van der Waals surface area contributed by atoms with Crippen LogP contribution in [0.4, 0.5) is 0 Å². The number of fused-ring (bicyclic) bond motifs is 2. The predicted molar refractivity (Wildman–Crippen MR) is 74.2 cm³/mol. The summed E-state index contributed by atoms with van der Waals surface area (Å²) >= 11 is 0. The fraction of sp³-hybridized carbons (Fsp3) is 0.533. The second-order valence-electron chi connectivity index (χ2n) is 5.63. The molecular weight excluding hydrogens is 222 g/mol. The first-order valence-corrected chi connectivity index (χ1v) is 6.91. The number of allylic oxidation sites excluding steroid dienone is 2. The van der Waals surface area contributed by atoms with E-state index in [2.05, 4.69) is 29.3 Å². The molecule has 3 aliphatic rings. The molecule has 2 heterocycles. The Balaban J connectivity index is 1.82. The first-order chi connectivity index (χ1) is 8.74. The monoisotopic (exact) mass is 243 g/mol. The molecule has 0 aromatic carbocycles. The standard InChI is InChI=1S/C15H21N3/c16-15(17)13-6-8-14-7-5-11-3-1-2-4-12(11)9-18(14)10-13/h1,3,6,8,10-12,14H,2,4-5,7,9H2,(H3,16,17). The van der Waals surface area contributed by atoms with Gasteiger partial charge in [0, 0.05) is 24.4 Å². The van der Waals surface area contributed by atoms with Crippen molar-refractivity contribution in [2.45, 2.75) is 31.7 Å². The zero-order valence-electron chi connectivity index (χ0n) is 10.7. The molecule has 0 saturated carbocycles. The summed E-state index contributed by atoms with van der Waals surface area (Å²) in [5.74, 6) is 1.71. The average molecular weight is 243 g/mol. The van der Waals surface area contributed by atoms with Gasteiger partial charge in [0.2, 0.25) is 0 Å². The van der Waals surface area contributed by atoms with Crippen molar-refractivity contribution in [3.8, 4) is 0 Å². The largest absolute Gasteiger partial charge is 0.384 e. The summed E-state index contributed by atoms with van der Waals surface area (Å²) in [6.45, 7) is 1.11. The Bertz CT molecular complexity index is 433.